The second kappa shape index (κ2) is 4.78. The van der Waals surface area contributed by atoms with Crippen molar-refractivity contribution in [2.24, 2.45) is 0 Å². The molecule has 1 fully saturated rings. The third-order valence-electron chi connectivity index (χ3n) is 3.17. The van der Waals surface area contributed by atoms with Gasteiger partial charge in [-0.15, -0.1) is 0 Å². The molecule has 1 N–H and O–H groups in total. The molecule has 0 heterocycles. The summed E-state index contributed by atoms with van der Waals surface area (Å²) in [7, 11) is 1.47. The normalized spacial score (nSPS) is 21.9. The van der Waals surface area contributed by atoms with Crippen LogP contribution in [0, 0.1) is 0 Å². The van der Waals surface area contributed by atoms with Crippen molar-refractivity contribution in [1.82, 2.24) is 5.32 Å². The lowest BCUT2D eigenvalue weighted by molar-refractivity contribution is -0.148. The molecule has 1 aliphatic rings. The van der Waals surface area contributed by atoms with Crippen molar-refractivity contribution < 1.29 is 9.53 Å². The molecular weight excluding hydrogens is 178 g/mol. The highest BCUT2D eigenvalue weighted by Crippen LogP contribution is 2.31. The number of carbonyl (C=O) groups is 1. The van der Waals surface area contributed by atoms with E-state index in [-0.39, 0.29) is 11.5 Å². The van der Waals surface area contributed by atoms with Crippen molar-refractivity contribution in [2.75, 3.05) is 7.11 Å². The van der Waals surface area contributed by atoms with Crippen LogP contribution in [0.2, 0.25) is 0 Å². The molecule has 1 aliphatic carbocycles. The van der Waals surface area contributed by atoms with E-state index in [9.17, 15) is 4.79 Å². The molecule has 0 aromatic heterocycles. The molecule has 0 spiro atoms. The Labute approximate surface area is 86.2 Å². The van der Waals surface area contributed by atoms with E-state index in [1.807, 2.05) is 0 Å². The van der Waals surface area contributed by atoms with Crippen LogP contribution in [-0.2, 0) is 9.53 Å². The molecule has 0 aromatic carbocycles. The molecule has 82 valence electrons. The molecule has 1 saturated carbocycles. The van der Waals surface area contributed by atoms with E-state index >= 15 is 0 Å². The Morgan fingerprint density at radius 1 is 1.50 bits per heavy atom. The molecule has 0 aliphatic heterocycles. The van der Waals surface area contributed by atoms with E-state index in [1.54, 1.807) is 0 Å². The van der Waals surface area contributed by atoms with Gasteiger partial charge in [0, 0.05) is 6.04 Å². The summed E-state index contributed by atoms with van der Waals surface area (Å²) in [6, 6.07) is 0.382. The fraction of sp³-hybridized carbons (Fsp3) is 0.909. The summed E-state index contributed by atoms with van der Waals surface area (Å²) in [5.41, 5.74) is -0.385. The summed E-state index contributed by atoms with van der Waals surface area (Å²) in [5, 5.41) is 3.42. The molecule has 1 rings (SSSR count). The number of hydrogen-bond acceptors (Lipinski definition) is 3. The van der Waals surface area contributed by atoms with Crippen LogP contribution in [0.1, 0.15) is 46.0 Å². The van der Waals surface area contributed by atoms with Crippen LogP contribution < -0.4 is 5.32 Å². The van der Waals surface area contributed by atoms with Gasteiger partial charge in [-0.1, -0.05) is 19.8 Å². The van der Waals surface area contributed by atoms with Crippen LogP contribution in [0.4, 0.5) is 0 Å². The van der Waals surface area contributed by atoms with E-state index in [0.717, 1.165) is 32.1 Å². The molecule has 14 heavy (non-hydrogen) atoms. The van der Waals surface area contributed by atoms with Crippen LogP contribution >= 0.6 is 0 Å². The standard InChI is InChI=1S/C11H21NO2/c1-4-9(2)12-11(10(13)14-3)7-5-6-8-11/h9,12H,4-8H2,1-3H3. The van der Waals surface area contributed by atoms with Crippen LogP contribution in [-0.4, -0.2) is 24.7 Å². The monoisotopic (exact) mass is 199 g/mol. The van der Waals surface area contributed by atoms with Gasteiger partial charge in [0.2, 0.25) is 0 Å². The first kappa shape index (κ1) is 11.5. The average molecular weight is 199 g/mol. The number of esters is 1. The first-order valence-corrected chi connectivity index (χ1v) is 5.50. The third kappa shape index (κ3) is 2.27. The molecule has 0 saturated heterocycles. The number of rotatable bonds is 4. The lowest BCUT2D eigenvalue weighted by atomic mass is 9.96. The SMILES string of the molecule is CCC(C)NC1(C(=O)OC)CCCC1. The minimum absolute atomic E-state index is 0.0877. The van der Waals surface area contributed by atoms with Crippen LogP contribution in [0.25, 0.3) is 0 Å². The summed E-state index contributed by atoms with van der Waals surface area (Å²) in [6.07, 6.45) is 5.13. The van der Waals surface area contributed by atoms with Crippen LogP contribution in [0.15, 0.2) is 0 Å². The Kier molecular flexibility index (Phi) is 3.93. The predicted molar refractivity (Wildman–Crippen MR) is 56.1 cm³/mol. The molecule has 0 bridgehead atoms. The number of nitrogens with one attached hydrogen (secondary N) is 1. The fourth-order valence-electron chi connectivity index (χ4n) is 2.16. The molecular formula is C11H21NO2. The highest BCUT2D eigenvalue weighted by Gasteiger charge is 2.42. The maximum atomic E-state index is 11.7. The summed E-state index contributed by atoms with van der Waals surface area (Å²) >= 11 is 0. The largest absolute Gasteiger partial charge is 0.468 e. The van der Waals surface area contributed by atoms with Gasteiger partial charge in [0.25, 0.3) is 0 Å². The highest BCUT2D eigenvalue weighted by molar-refractivity contribution is 5.81. The van der Waals surface area contributed by atoms with Gasteiger partial charge in [-0.25, -0.2) is 0 Å². The maximum absolute atomic E-state index is 11.7. The van der Waals surface area contributed by atoms with Gasteiger partial charge in [0.1, 0.15) is 5.54 Å². The first-order chi connectivity index (χ1) is 6.64. The van der Waals surface area contributed by atoms with E-state index in [0.29, 0.717) is 6.04 Å². The summed E-state index contributed by atoms with van der Waals surface area (Å²) in [5.74, 6) is -0.0877. The van der Waals surface area contributed by atoms with Crippen LogP contribution in [0.3, 0.4) is 0 Å². The van der Waals surface area contributed by atoms with Gasteiger partial charge >= 0.3 is 5.97 Å². The minimum Gasteiger partial charge on any atom is -0.468 e. The third-order valence-corrected chi connectivity index (χ3v) is 3.17. The molecule has 1 atom stereocenters. The lowest BCUT2D eigenvalue weighted by Crippen LogP contribution is -2.53. The Morgan fingerprint density at radius 3 is 2.50 bits per heavy atom. The second-order valence-corrected chi connectivity index (χ2v) is 4.23. The molecule has 3 nitrogen and oxygen atoms in total. The zero-order chi connectivity index (χ0) is 10.6. The molecule has 0 aromatic rings. The van der Waals surface area contributed by atoms with Gasteiger partial charge in [-0.2, -0.15) is 0 Å². The number of carbonyl (C=O) groups excluding carboxylic acids is 1. The van der Waals surface area contributed by atoms with Crippen molar-refractivity contribution in [3.05, 3.63) is 0 Å². The minimum atomic E-state index is -0.385. The van der Waals surface area contributed by atoms with Crippen molar-refractivity contribution in [3.63, 3.8) is 0 Å². The predicted octanol–water partition coefficient (Wildman–Crippen LogP) is 1.86. The van der Waals surface area contributed by atoms with Gasteiger partial charge < -0.3 is 4.74 Å². The zero-order valence-electron chi connectivity index (χ0n) is 9.43. The number of methoxy groups -OCH3 is 1. The Balaban J connectivity index is 2.66. The molecule has 0 amide bonds. The Morgan fingerprint density at radius 2 is 2.07 bits per heavy atom. The van der Waals surface area contributed by atoms with Crippen LogP contribution in [0.5, 0.6) is 0 Å². The van der Waals surface area contributed by atoms with E-state index in [4.69, 9.17) is 4.74 Å². The smallest absolute Gasteiger partial charge is 0.326 e. The second-order valence-electron chi connectivity index (χ2n) is 4.23. The van der Waals surface area contributed by atoms with Crippen molar-refractivity contribution >= 4 is 5.97 Å². The fourth-order valence-corrected chi connectivity index (χ4v) is 2.16. The number of hydrogen-bond donors (Lipinski definition) is 1. The van der Waals surface area contributed by atoms with Gasteiger partial charge in [-0.3, -0.25) is 10.1 Å². The average Bonchev–Trinajstić information content (AvgIpc) is 2.66. The first-order valence-electron chi connectivity index (χ1n) is 5.50. The molecule has 0 radical (unpaired) electrons. The molecule has 3 heteroatoms. The Hall–Kier alpha value is -0.570. The van der Waals surface area contributed by atoms with Gasteiger partial charge in [0.05, 0.1) is 7.11 Å². The topological polar surface area (TPSA) is 38.3 Å². The summed E-state index contributed by atoms with van der Waals surface area (Å²) in [6.45, 7) is 4.24. The summed E-state index contributed by atoms with van der Waals surface area (Å²) < 4.78 is 4.88. The zero-order valence-corrected chi connectivity index (χ0v) is 9.43. The lowest BCUT2D eigenvalue weighted by Gasteiger charge is -2.30. The summed E-state index contributed by atoms with van der Waals surface area (Å²) in [4.78, 5) is 11.7. The van der Waals surface area contributed by atoms with Crippen molar-refractivity contribution in [2.45, 2.75) is 57.5 Å². The highest BCUT2D eigenvalue weighted by atomic mass is 16.5. The quantitative estimate of drug-likeness (QED) is 0.702. The van der Waals surface area contributed by atoms with Gasteiger partial charge in [-0.05, 0) is 26.2 Å². The van der Waals surface area contributed by atoms with Crippen molar-refractivity contribution in [3.8, 4) is 0 Å². The van der Waals surface area contributed by atoms with E-state index < -0.39 is 0 Å². The van der Waals surface area contributed by atoms with E-state index in [2.05, 4.69) is 19.2 Å². The van der Waals surface area contributed by atoms with E-state index in [1.165, 1.54) is 7.11 Å². The maximum Gasteiger partial charge on any atom is 0.326 e. The number of ether oxygens (including phenoxy) is 1. The Bertz CT molecular complexity index is 197. The van der Waals surface area contributed by atoms with Gasteiger partial charge in [0.15, 0.2) is 0 Å². The van der Waals surface area contributed by atoms with Crippen molar-refractivity contribution in [1.29, 1.82) is 0 Å². The molecule has 1 unspecified atom stereocenters.